The molecule has 3 unspecified atom stereocenters. The van der Waals surface area contributed by atoms with Gasteiger partial charge in [-0.15, -0.1) is 0 Å². The van der Waals surface area contributed by atoms with Crippen molar-refractivity contribution in [2.75, 3.05) is 0 Å². The average molecular weight is 273 g/mol. The fourth-order valence-corrected chi connectivity index (χ4v) is 3.08. The van der Waals surface area contributed by atoms with Crippen molar-refractivity contribution in [1.29, 1.82) is 0 Å². The molecule has 94 valence electrons. The van der Waals surface area contributed by atoms with E-state index in [4.69, 9.17) is 23.2 Å². The van der Waals surface area contributed by atoms with Crippen molar-refractivity contribution in [3.05, 3.63) is 33.8 Å². The second kappa shape index (κ2) is 5.60. The lowest BCUT2D eigenvalue weighted by Crippen LogP contribution is -2.20. The standard InChI is InChI=1S/C14H18Cl2O/c1-9-2-3-10(6-9)14(17)8-11-7-12(15)4-5-13(11)16/h4-5,7,9-10,14,17H,2-3,6,8H2,1H3. The lowest BCUT2D eigenvalue weighted by atomic mass is 9.94. The van der Waals surface area contributed by atoms with Crippen LogP contribution in [-0.4, -0.2) is 11.2 Å². The predicted octanol–water partition coefficient (Wildman–Crippen LogP) is 4.33. The van der Waals surface area contributed by atoms with E-state index in [1.807, 2.05) is 6.07 Å². The SMILES string of the molecule is CC1CCC(C(O)Cc2cc(Cl)ccc2Cl)C1. The van der Waals surface area contributed by atoms with Gasteiger partial charge in [0.05, 0.1) is 6.10 Å². The molecular formula is C14H18Cl2O. The third kappa shape index (κ3) is 3.37. The first-order valence-corrected chi connectivity index (χ1v) is 6.94. The Balaban J connectivity index is 2.02. The number of benzene rings is 1. The van der Waals surface area contributed by atoms with E-state index in [-0.39, 0.29) is 6.10 Å². The fraction of sp³-hybridized carbons (Fsp3) is 0.571. The summed E-state index contributed by atoms with van der Waals surface area (Å²) in [5.41, 5.74) is 0.950. The van der Waals surface area contributed by atoms with Crippen LogP contribution in [0.3, 0.4) is 0 Å². The van der Waals surface area contributed by atoms with Crippen LogP contribution in [0, 0.1) is 11.8 Å². The number of hydrogen-bond acceptors (Lipinski definition) is 1. The van der Waals surface area contributed by atoms with Gasteiger partial charge in [0.25, 0.3) is 0 Å². The smallest absolute Gasteiger partial charge is 0.0609 e. The van der Waals surface area contributed by atoms with Gasteiger partial charge in [-0.2, -0.15) is 0 Å². The molecule has 2 rings (SSSR count). The van der Waals surface area contributed by atoms with Gasteiger partial charge in [0.2, 0.25) is 0 Å². The van der Waals surface area contributed by atoms with E-state index >= 15 is 0 Å². The zero-order chi connectivity index (χ0) is 12.4. The molecule has 1 aliphatic carbocycles. The molecule has 0 bridgehead atoms. The van der Waals surface area contributed by atoms with Crippen molar-refractivity contribution < 1.29 is 5.11 Å². The van der Waals surface area contributed by atoms with Crippen LogP contribution in [0.25, 0.3) is 0 Å². The summed E-state index contributed by atoms with van der Waals surface area (Å²) in [6.07, 6.45) is 3.79. The first kappa shape index (κ1) is 13.2. The zero-order valence-corrected chi connectivity index (χ0v) is 11.5. The van der Waals surface area contributed by atoms with Crippen molar-refractivity contribution in [3.8, 4) is 0 Å². The average Bonchev–Trinajstić information content (AvgIpc) is 2.70. The van der Waals surface area contributed by atoms with E-state index in [9.17, 15) is 5.11 Å². The van der Waals surface area contributed by atoms with E-state index in [0.29, 0.717) is 22.4 Å². The summed E-state index contributed by atoms with van der Waals surface area (Å²) in [5.74, 6) is 1.16. The summed E-state index contributed by atoms with van der Waals surface area (Å²) in [4.78, 5) is 0. The molecule has 1 aromatic carbocycles. The Hall–Kier alpha value is -0.240. The Labute approximate surface area is 113 Å². The van der Waals surface area contributed by atoms with Crippen LogP contribution < -0.4 is 0 Å². The van der Waals surface area contributed by atoms with Gasteiger partial charge < -0.3 is 5.11 Å². The minimum absolute atomic E-state index is 0.295. The third-order valence-corrected chi connectivity index (χ3v) is 4.32. The molecule has 3 atom stereocenters. The Bertz CT molecular complexity index is 392. The minimum Gasteiger partial charge on any atom is -0.392 e. The van der Waals surface area contributed by atoms with Crippen molar-refractivity contribution in [3.63, 3.8) is 0 Å². The Kier molecular flexibility index (Phi) is 4.35. The molecule has 0 spiro atoms. The Morgan fingerprint density at radius 3 is 2.76 bits per heavy atom. The summed E-state index contributed by atoms with van der Waals surface area (Å²) in [6.45, 7) is 2.25. The van der Waals surface area contributed by atoms with Gasteiger partial charge >= 0.3 is 0 Å². The van der Waals surface area contributed by atoms with Crippen molar-refractivity contribution in [1.82, 2.24) is 0 Å². The summed E-state index contributed by atoms with van der Waals surface area (Å²) >= 11 is 12.0. The lowest BCUT2D eigenvalue weighted by Gasteiger charge is -2.18. The van der Waals surface area contributed by atoms with Gasteiger partial charge in [0, 0.05) is 16.5 Å². The molecule has 1 aromatic rings. The summed E-state index contributed by atoms with van der Waals surface area (Å²) in [5, 5.41) is 11.6. The quantitative estimate of drug-likeness (QED) is 0.868. The molecule has 3 heteroatoms. The van der Waals surface area contributed by atoms with Crippen LogP contribution in [0.5, 0.6) is 0 Å². The lowest BCUT2D eigenvalue weighted by molar-refractivity contribution is 0.109. The zero-order valence-electron chi connectivity index (χ0n) is 10.00. The second-order valence-electron chi connectivity index (χ2n) is 5.19. The van der Waals surface area contributed by atoms with Gasteiger partial charge in [-0.25, -0.2) is 0 Å². The van der Waals surface area contributed by atoms with E-state index in [2.05, 4.69) is 6.92 Å². The molecule has 0 aromatic heterocycles. The maximum atomic E-state index is 10.2. The highest BCUT2D eigenvalue weighted by Crippen LogP contribution is 2.34. The number of hydrogen-bond donors (Lipinski definition) is 1. The molecule has 0 saturated heterocycles. The molecule has 0 aliphatic heterocycles. The summed E-state index contributed by atoms with van der Waals surface area (Å²) in [7, 11) is 0. The third-order valence-electron chi connectivity index (χ3n) is 3.72. The number of halogens is 2. The molecule has 0 radical (unpaired) electrons. The van der Waals surface area contributed by atoms with Gasteiger partial charge in [0.1, 0.15) is 0 Å². The first-order valence-electron chi connectivity index (χ1n) is 6.18. The van der Waals surface area contributed by atoms with Crippen molar-refractivity contribution >= 4 is 23.2 Å². The van der Waals surface area contributed by atoms with Gasteiger partial charge in [-0.3, -0.25) is 0 Å². The molecule has 1 nitrogen and oxygen atoms in total. The molecule has 1 fully saturated rings. The summed E-state index contributed by atoms with van der Waals surface area (Å²) in [6, 6.07) is 5.42. The molecule has 1 saturated carbocycles. The number of aliphatic hydroxyl groups is 1. The fourth-order valence-electron chi connectivity index (χ4n) is 2.69. The van der Waals surface area contributed by atoms with Crippen LogP contribution in [0.4, 0.5) is 0 Å². The molecule has 17 heavy (non-hydrogen) atoms. The molecule has 1 aliphatic rings. The topological polar surface area (TPSA) is 20.2 Å². The largest absolute Gasteiger partial charge is 0.392 e. The second-order valence-corrected chi connectivity index (χ2v) is 6.03. The van der Waals surface area contributed by atoms with Crippen LogP contribution in [0.2, 0.25) is 10.0 Å². The van der Waals surface area contributed by atoms with Crippen LogP contribution in [-0.2, 0) is 6.42 Å². The van der Waals surface area contributed by atoms with Gasteiger partial charge in [-0.1, -0.05) is 36.5 Å². The molecule has 0 amide bonds. The maximum absolute atomic E-state index is 10.2. The normalized spacial score (nSPS) is 26.1. The van der Waals surface area contributed by atoms with E-state index in [0.717, 1.165) is 24.3 Å². The van der Waals surface area contributed by atoms with Crippen molar-refractivity contribution in [2.24, 2.45) is 11.8 Å². The van der Waals surface area contributed by atoms with Crippen molar-refractivity contribution in [2.45, 2.75) is 38.7 Å². The van der Waals surface area contributed by atoms with Crippen LogP contribution in [0.1, 0.15) is 31.7 Å². The summed E-state index contributed by atoms with van der Waals surface area (Å²) < 4.78 is 0. The van der Waals surface area contributed by atoms with E-state index in [1.54, 1.807) is 12.1 Å². The predicted molar refractivity (Wildman–Crippen MR) is 72.7 cm³/mol. The monoisotopic (exact) mass is 272 g/mol. The number of aliphatic hydroxyl groups excluding tert-OH is 1. The molecular weight excluding hydrogens is 255 g/mol. The Morgan fingerprint density at radius 1 is 1.35 bits per heavy atom. The highest BCUT2D eigenvalue weighted by molar-refractivity contribution is 6.33. The molecule has 0 heterocycles. The maximum Gasteiger partial charge on any atom is 0.0609 e. The minimum atomic E-state index is -0.295. The van der Waals surface area contributed by atoms with Crippen LogP contribution >= 0.6 is 23.2 Å². The van der Waals surface area contributed by atoms with E-state index in [1.165, 1.54) is 6.42 Å². The Morgan fingerprint density at radius 2 is 2.12 bits per heavy atom. The highest BCUT2D eigenvalue weighted by Gasteiger charge is 2.27. The van der Waals surface area contributed by atoms with Gasteiger partial charge in [-0.05, 0) is 48.4 Å². The molecule has 1 N–H and O–H groups in total. The number of rotatable bonds is 3. The van der Waals surface area contributed by atoms with Crippen LogP contribution in [0.15, 0.2) is 18.2 Å². The van der Waals surface area contributed by atoms with E-state index < -0.39 is 0 Å². The van der Waals surface area contributed by atoms with Gasteiger partial charge in [0.15, 0.2) is 0 Å². The highest BCUT2D eigenvalue weighted by atomic mass is 35.5. The first-order chi connectivity index (χ1) is 8.06.